The maximum absolute atomic E-state index is 11.8. The molecule has 0 bridgehead atoms. The van der Waals surface area contributed by atoms with E-state index in [-0.39, 0.29) is 11.7 Å². The average molecular weight is 251 g/mol. The number of carbonyl (C=O) groups excluding carboxylic acids is 1. The van der Waals surface area contributed by atoms with Crippen LogP contribution in [0.25, 0.3) is 0 Å². The SMILES string of the molecule is CC(C)C[C@@H](NC(=O)c1ccc(O)cc1)C(=O)O. The summed E-state index contributed by atoms with van der Waals surface area (Å²) in [7, 11) is 0. The summed E-state index contributed by atoms with van der Waals surface area (Å²) in [5.41, 5.74) is 0.322. The first kappa shape index (κ1) is 14.0. The predicted octanol–water partition coefficient (Wildman–Crippen LogP) is 1.62. The zero-order chi connectivity index (χ0) is 13.7. The van der Waals surface area contributed by atoms with Crippen LogP contribution < -0.4 is 5.32 Å². The lowest BCUT2D eigenvalue weighted by Crippen LogP contribution is -2.41. The Morgan fingerprint density at radius 2 is 1.78 bits per heavy atom. The first-order valence-electron chi connectivity index (χ1n) is 5.73. The molecule has 0 unspecified atom stereocenters. The van der Waals surface area contributed by atoms with Gasteiger partial charge < -0.3 is 15.5 Å². The number of amides is 1. The Balaban J connectivity index is 2.72. The van der Waals surface area contributed by atoms with Gasteiger partial charge in [-0.15, -0.1) is 0 Å². The second-order valence-corrected chi connectivity index (χ2v) is 4.54. The van der Waals surface area contributed by atoms with E-state index in [1.165, 1.54) is 24.3 Å². The van der Waals surface area contributed by atoms with Crippen molar-refractivity contribution in [1.82, 2.24) is 5.32 Å². The van der Waals surface area contributed by atoms with Crippen molar-refractivity contribution in [2.45, 2.75) is 26.3 Å². The number of carbonyl (C=O) groups is 2. The van der Waals surface area contributed by atoms with Crippen LogP contribution in [-0.4, -0.2) is 28.1 Å². The van der Waals surface area contributed by atoms with Crippen LogP contribution in [0.4, 0.5) is 0 Å². The number of carboxylic acids is 1. The molecule has 0 aromatic heterocycles. The number of aromatic hydroxyl groups is 1. The summed E-state index contributed by atoms with van der Waals surface area (Å²) in [4.78, 5) is 22.8. The second kappa shape index (κ2) is 6.05. The first-order chi connectivity index (χ1) is 8.40. The van der Waals surface area contributed by atoms with E-state index in [0.717, 1.165) is 0 Å². The minimum Gasteiger partial charge on any atom is -0.508 e. The van der Waals surface area contributed by atoms with Gasteiger partial charge in [-0.05, 0) is 36.6 Å². The lowest BCUT2D eigenvalue weighted by atomic mass is 10.0. The van der Waals surface area contributed by atoms with Gasteiger partial charge in [-0.2, -0.15) is 0 Å². The van der Waals surface area contributed by atoms with Gasteiger partial charge in [0.25, 0.3) is 5.91 Å². The van der Waals surface area contributed by atoms with Crippen molar-refractivity contribution in [3.8, 4) is 5.75 Å². The molecule has 1 amide bonds. The van der Waals surface area contributed by atoms with Crippen molar-refractivity contribution in [1.29, 1.82) is 0 Å². The lowest BCUT2D eigenvalue weighted by molar-refractivity contribution is -0.139. The van der Waals surface area contributed by atoms with E-state index >= 15 is 0 Å². The van der Waals surface area contributed by atoms with Crippen molar-refractivity contribution in [3.05, 3.63) is 29.8 Å². The summed E-state index contributed by atoms with van der Waals surface area (Å²) in [6.45, 7) is 3.78. The molecule has 0 radical (unpaired) electrons. The molecule has 1 aromatic carbocycles. The van der Waals surface area contributed by atoms with Crippen molar-refractivity contribution in [3.63, 3.8) is 0 Å². The van der Waals surface area contributed by atoms with Gasteiger partial charge in [0, 0.05) is 5.56 Å². The number of phenols is 1. The monoisotopic (exact) mass is 251 g/mol. The van der Waals surface area contributed by atoms with Crippen LogP contribution in [0.2, 0.25) is 0 Å². The number of rotatable bonds is 5. The Bertz CT molecular complexity index is 425. The molecule has 3 N–H and O–H groups in total. The Morgan fingerprint density at radius 3 is 2.22 bits per heavy atom. The van der Waals surface area contributed by atoms with Gasteiger partial charge >= 0.3 is 5.97 Å². The summed E-state index contributed by atoms with van der Waals surface area (Å²) in [6.07, 6.45) is 0.374. The minimum atomic E-state index is -1.05. The standard InChI is InChI=1S/C13H17NO4/c1-8(2)7-11(13(17)18)14-12(16)9-3-5-10(15)6-4-9/h3-6,8,11,15H,7H2,1-2H3,(H,14,16)(H,17,18)/t11-/m1/s1. The minimum absolute atomic E-state index is 0.0588. The molecule has 0 spiro atoms. The quantitative estimate of drug-likeness (QED) is 0.742. The molecule has 1 aromatic rings. The zero-order valence-electron chi connectivity index (χ0n) is 10.4. The highest BCUT2D eigenvalue weighted by Crippen LogP contribution is 2.11. The molecule has 1 atom stereocenters. The number of nitrogens with one attached hydrogen (secondary N) is 1. The fourth-order valence-electron chi connectivity index (χ4n) is 1.55. The molecule has 0 saturated heterocycles. The maximum atomic E-state index is 11.8. The molecule has 0 aliphatic rings. The Labute approximate surface area is 105 Å². The first-order valence-corrected chi connectivity index (χ1v) is 5.73. The van der Waals surface area contributed by atoms with Crippen molar-refractivity contribution in [2.75, 3.05) is 0 Å². The molecule has 0 fully saturated rings. The third-order valence-corrected chi connectivity index (χ3v) is 2.44. The number of hydrogen-bond donors (Lipinski definition) is 3. The van der Waals surface area contributed by atoms with E-state index in [4.69, 9.17) is 10.2 Å². The normalized spacial score (nSPS) is 12.2. The summed E-state index contributed by atoms with van der Waals surface area (Å²) in [5, 5.41) is 20.6. The van der Waals surface area contributed by atoms with Gasteiger partial charge in [0.05, 0.1) is 0 Å². The van der Waals surface area contributed by atoms with Gasteiger partial charge in [-0.1, -0.05) is 13.8 Å². The molecule has 0 aliphatic carbocycles. The van der Waals surface area contributed by atoms with Crippen molar-refractivity contribution in [2.24, 2.45) is 5.92 Å². The van der Waals surface area contributed by atoms with Gasteiger partial charge in [0.2, 0.25) is 0 Å². The van der Waals surface area contributed by atoms with Crippen LogP contribution in [0.15, 0.2) is 24.3 Å². The lowest BCUT2D eigenvalue weighted by Gasteiger charge is -2.16. The average Bonchev–Trinajstić information content (AvgIpc) is 2.28. The van der Waals surface area contributed by atoms with Crippen LogP contribution >= 0.6 is 0 Å². The third-order valence-electron chi connectivity index (χ3n) is 2.44. The fourth-order valence-corrected chi connectivity index (χ4v) is 1.55. The summed E-state index contributed by atoms with van der Waals surface area (Å²) in [6, 6.07) is 4.75. The summed E-state index contributed by atoms with van der Waals surface area (Å²) in [5.74, 6) is -1.27. The molecule has 0 heterocycles. The molecule has 1 rings (SSSR count). The highest BCUT2D eigenvalue weighted by atomic mass is 16.4. The number of phenolic OH excluding ortho intramolecular Hbond substituents is 1. The summed E-state index contributed by atoms with van der Waals surface area (Å²) >= 11 is 0. The summed E-state index contributed by atoms with van der Waals surface area (Å²) < 4.78 is 0. The predicted molar refractivity (Wildman–Crippen MR) is 66.5 cm³/mol. The molecule has 0 saturated carbocycles. The number of carboxylic acid groups (broad SMARTS) is 1. The van der Waals surface area contributed by atoms with Gasteiger partial charge in [0.15, 0.2) is 0 Å². The van der Waals surface area contributed by atoms with E-state index in [1.807, 2.05) is 13.8 Å². The van der Waals surface area contributed by atoms with Gasteiger partial charge in [-0.25, -0.2) is 4.79 Å². The smallest absolute Gasteiger partial charge is 0.326 e. The zero-order valence-corrected chi connectivity index (χ0v) is 10.4. The van der Waals surface area contributed by atoms with Crippen LogP contribution in [0.3, 0.4) is 0 Å². The van der Waals surface area contributed by atoms with Crippen LogP contribution in [0.1, 0.15) is 30.6 Å². The molecular weight excluding hydrogens is 234 g/mol. The fraction of sp³-hybridized carbons (Fsp3) is 0.385. The number of aliphatic carboxylic acids is 1. The van der Waals surface area contributed by atoms with E-state index in [0.29, 0.717) is 12.0 Å². The molecular formula is C13H17NO4. The molecule has 5 nitrogen and oxygen atoms in total. The number of benzene rings is 1. The van der Waals surface area contributed by atoms with Crippen LogP contribution in [0, 0.1) is 5.92 Å². The second-order valence-electron chi connectivity index (χ2n) is 4.54. The molecule has 98 valence electrons. The van der Waals surface area contributed by atoms with Crippen molar-refractivity contribution < 1.29 is 19.8 Å². The van der Waals surface area contributed by atoms with Gasteiger partial charge in [0.1, 0.15) is 11.8 Å². The molecule has 5 heteroatoms. The number of hydrogen-bond acceptors (Lipinski definition) is 3. The third kappa shape index (κ3) is 4.08. The Morgan fingerprint density at radius 1 is 1.22 bits per heavy atom. The highest BCUT2D eigenvalue weighted by molar-refractivity contribution is 5.96. The van der Waals surface area contributed by atoms with Crippen LogP contribution in [0.5, 0.6) is 5.75 Å². The molecule has 18 heavy (non-hydrogen) atoms. The maximum Gasteiger partial charge on any atom is 0.326 e. The highest BCUT2D eigenvalue weighted by Gasteiger charge is 2.21. The van der Waals surface area contributed by atoms with E-state index in [2.05, 4.69) is 5.32 Å². The van der Waals surface area contributed by atoms with Gasteiger partial charge in [-0.3, -0.25) is 4.79 Å². The topological polar surface area (TPSA) is 86.6 Å². The van der Waals surface area contributed by atoms with Crippen molar-refractivity contribution >= 4 is 11.9 Å². The largest absolute Gasteiger partial charge is 0.508 e. The molecule has 0 aliphatic heterocycles. The van der Waals surface area contributed by atoms with E-state index in [1.54, 1.807) is 0 Å². The van der Waals surface area contributed by atoms with E-state index in [9.17, 15) is 9.59 Å². The Kier molecular flexibility index (Phi) is 4.71. The Hall–Kier alpha value is -2.04. The van der Waals surface area contributed by atoms with E-state index < -0.39 is 17.9 Å². The van der Waals surface area contributed by atoms with Crippen LogP contribution in [-0.2, 0) is 4.79 Å².